The van der Waals surface area contributed by atoms with E-state index in [0.717, 1.165) is 33.2 Å². The number of pyridine rings is 1. The lowest BCUT2D eigenvalue weighted by Crippen LogP contribution is -2.14. The Balaban J connectivity index is 1.39. The Hall–Kier alpha value is -4.78. The Kier molecular flexibility index (Phi) is 6.05. The van der Waals surface area contributed by atoms with Gasteiger partial charge in [0.15, 0.2) is 11.6 Å². The van der Waals surface area contributed by atoms with Crippen molar-refractivity contribution < 1.29 is 9.53 Å². The second-order valence-corrected chi connectivity index (χ2v) is 8.11. The number of anilines is 2. The molecular weight excluding hydrogens is 438 g/mol. The zero-order valence-corrected chi connectivity index (χ0v) is 19.1. The standard InChI is InChI=1S/C28H23N5O2/c1-18-9-10-21(15-23(18)20-11-12-24-22(14-20)16-31-28(29)32-24)27(34)33-26-25(8-5-13-30-26)35-17-19-6-3-2-4-7-19/h2-16H,17H2,1H3,(H2,29,31,32)(H,30,33,34). The lowest BCUT2D eigenvalue weighted by molar-refractivity contribution is 0.102. The summed E-state index contributed by atoms with van der Waals surface area (Å²) in [5, 5.41) is 3.76. The van der Waals surface area contributed by atoms with Crippen molar-refractivity contribution in [1.29, 1.82) is 0 Å². The fourth-order valence-corrected chi connectivity index (χ4v) is 3.81. The Morgan fingerprint density at radius 2 is 1.83 bits per heavy atom. The number of carbonyl (C=O) groups is 1. The van der Waals surface area contributed by atoms with Gasteiger partial charge < -0.3 is 15.8 Å². The summed E-state index contributed by atoms with van der Waals surface area (Å²) in [4.78, 5) is 25.8. The molecule has 7 heteroatoms. The molecular formula is C28H23N5O2. The zero-order chi connectivity index (χ0) is 24.2. The highest BCUT2D eigenvalue weighted by molar-refractivity contribution is 6.05. The first-order chi connectivity index (χ1) is 17.1. The smallest absolute Gasteiger partial charge is 0.256 e. The number of nitrogens with zero attached hydrogens (tertiary/aromatic N) is 3. The van der Waals surface area contributed by atoms with Crippen LogP contribution >= 0.6 is 0 Å². The van der Waals surface area contributed by atoms with Crippen LogP contribution in [0.1, 0.15) is 21.5 Å². The van der Waals surface area contributed by atoms with Gasteiger partial charge in [-0.15, -0.1) is 0 Å². The number of aromatic nitrogens is 3. The molecule has 0 atom stereocenters. The fourth-order valence-electron chi connectivity index (χ4n) is 3.81. The summed E-state index contributed by atoms with van der Waals surface area (Å²) >= 11 is 0. The van der Waals surface area contributed by atoms with Crippen LogP contribution in [0.15, 0.2) is 91.3 Å². The van der Waals surface area contributed by atoms with Crippen LogP contribution in [0, 0.1) is 6.92 Å². The maximum absolute atomic E-state index is 13.1. The summed E-state index contributed by atoms with van der Waals surface area (Å²) in [5.41, 5.74) is 10.9. The van der Waals surface area contributed by atoms with Crippen molar-refractivity contribution in [3.63, 3.8) is 0 Å². The minimum absolute atomic E-state index is 0.238. The minimum atomic E-state index is -0.272. The van der Waals surface area contributed by atoms with Gasteiger partial charge in [0.05, 0.1) is 5.52 Å². The fraction of sp³-hybridized carbons (Fsp3) is 0.0714. The number of fused-ring (bicyclic) bond motifs is 1. The minimum Gasteiger partial charge on any atom is -0.485 e. The number of carbonyl (C=O) groups excluding carboxylic acids is 1. The number of nitrogens with two attached hydrogens (primary N) is 1. The lowest BCUT2D eigenvalue weighted by Gasteiger charge is -2.13. The molecule has 0 aliphatic heterocycles. The van der Waals surface area contributed by atoms with Gasteiger partial charge in [-0.05, 0) is 65.6 Å². The number of benzene rings is 3. The SMILES string of the molecule is Cc1ccc(C(=O)Nc2ncccc2OCc2ccccc2)cc1-c1ccc2nc(N)ncc2c1. The lowest BCUT2D eigenvalue weighted by atomic mass is 9.97. The summed E-state index contributed by atoms with van der Waals surface area (Å²) in [5.74, 6) is 0.843. The van der Waals surface area contributed by atoms with E-state index >= 15 is 0 Å². The maximum atomic E-state index is 13.1. The normalized spacial score (nSPS) is 10.8. The largest absolute Gasteiger partial charge is 0.485 e. The molecule has 0 aliphatic carbocycles. The number of aryl methyl sites for hydroxylation is 1. The van der Waals surface area contributed by atoms with Gasteiger partial charge in [0.1, 0.15) is 6.61 Å². The molecule has 2 heterocycles. The Bertz CT molecular complexity index is 1520. The van der Waals surface area contributed by atoms with Crippen molar-refractivity contribution in [1.82, 2.24) is 15.0 Å². The first-order valence-corrected chi connectivity index (χ1v) is 11.1. The molecule has 5 aromatic rings. The number of hydrogen-bond acceptors (Lipinski definition) is 6. The zero-order valence-electron chi connectivity index (χ0n) is 19.1. The topological polar surface area (TPSA) is 103 Å². The van der Waals surface area contributed by atoms with E-state index in [1.54, 1.807) is 30.6 Å². The van der Waals surface area contributed by atoms with E-state index in [1.807, 2.05) is 67.6 Å². The van der Waals surface area contributed by atoms with E-state index in [1.165, 1.54) is 0 Å². The third-order valence-corrected chi connectivity index (χ3v) is 5.65. The van der Waals surface area contributed by atoms with Gasteiger partial charge in [-0.2, -0.15) is 0 Å². The maximum Gasteiger partial charge on any atom is 0.256 e. The summed E-state index contributed by atoms with van der Waals surface area (Å²) in [6.45, 7) is 2.39. The van der Waals surface area contributed by atoms with Gasteiger partial charge >= 0.3 is 0 Å². The average Bonchev–Trinajstić information content (AvgIpc) is 2.89. The van der Waals surface area contributed by atoms with E-state index in [2.05, 4.69) is 20.3 Å². The summed E-state index contributed by atoms with van der Waals surface area (Å²) in [7, 11) is 0. The Morgan fingerprint density at radius 1 is 0.971 bits per heavy atom. The van der Waals surface area contributed by atoms with Crippen LogP contribution in [0.4, 0.5) is 11.8 Å². The molecule has 0 saturated heterocycles. The number of hydrogen-bond donors (Lipinski definition) is 2. The van der Waals surface area contributed by atoms with Crippen molar-refractivity contribution in [2.24, 2.45) is 0 Å². The molecule has 7 nitrogen and oxygen atoms in total. The second kappa shape index (κ2) is 9.61. The molecule has 0 unspecified atom stereocenters. The van der Waals surface area contributed by atoms with Crippen LogP contribution in [0.2, 0.25) is 0 Å². The van der Waals surface area contributed by atoms with Crippen LogP contribution in [-0.2, 0) is 6.61 Å². The van der Waals surface area contributed by atoms with Gasteiger partial charge in [0.2, 0.25) is 5.95 Å². The first-order valence-electron chi connectivity index (χ1n) is 11.1. The van der Waals surface area contributed by atoms with E-state index in [0.29, 0.717) is 23.7 Å². The summed E-state index contributed by atoms with van der Waals surface area (Å²) < 4.78 is 5.92. The third-order valence-electron chi connectivity index (χ3n) is 5.65. The molecule has 0 aliphatic rings. The van der Waals surface area contributed by atoms with Gasteiger partial charge in [-0.3, -0.25) is 4.79 Å². The number of nitrogen functional groups attached to an aromatic ring is 1. The van der Waals surface area contributed by atoms with E-state index < -0.39 is 0 Å². The highest BCUT2D eigenvalue weighted by Gasteiger charge is 2.14. The quantitative estimate of drug-likeness (QED) is 0.350. The molecule has 1 amide bonds. The second-order valence-electron chi connectivity index (χ2n) is 8.11. The Labute approximate surface area is 202 Å². The van der Waals surface area contributed by atoms with Crippen molar-refractivity contribution in [2.75, 3.05) is 11.1 Å². The molecule has 0 bridgehead atoms. The monoisotopic (exact) mass is 461 g/mol. The van der Waals surface area contributed by atoms with E-state index in [9.17, 15) is 4.79 Å². The van der Waals surface area contributed by atoms with Crippen LogP contribution < -0.4 is 15.8 Å². The number of nitrogens with one attached hydrogen (secondary N) is 1. The molecule has 2 aromatic heterocycles. The van der Waals surface area contributed by atoms with E-state index in [-0.39, 0.29) is 11.9 Å². The van der Waals surface area contributed by atoms with Gasteiger partial charge in [0, 0.05) is 23.3 Å². The molecule has 35 heavy (non-hydrogen) atoms. The highest BCUT2D eigenvalue weighted by Crippen LogP contribution is 2.29. The predicted octanol–water partition coefficient (Wildman–Crippen LogP) is 5.41. The Morgan fingerprint density at radius 3 is 2.69 bits per heavy atom. The molecule has 5 rings (SSSR count). The van der Waals surface area contributed by atoms with E-state index in [4.69, 9.17) is 10.5 Å². The highest BCUT2D eigenvalue weighted by atomic mass is 16.5. The molecule has 3 N–H and O–H groups in total. The predicted molar refractivity (Wildman–Crippen MR) is 137 cm³/mol. The number of ether oxygens (including phenoxy) is 1. The number of amides is 1. The molecule has 0 fully saturated rings. The van der Waals surface area contributed by atoms with Crippen molar-refractivity contribution in [3.8, 4) is 16.9 Å². The molecule has 3 aromatic carbocycles. The van der Waals surface area contributed by atoms with Crippen molar-refractivity contribution >= 4 is 28.6 Å². The van der Waals surface area contributed by atoms with Crippen LogP contribution in [0.25, 0.3) is 22.0 Å². The summed E-state index contributed by atoms with van der Waals surface area (Å²) in [6.07, 6.45) is 3.32. The van der Waals surface area contributed by atoms with Crippen LogP contribution in [0.3, 0.4) is 0 Å². The van der Waals surface area contributed by atoms with Crippen molar-refractivity contribution in [3.05, 3.63) is 108 Å². The summed E-state index contributed by atoms with van der Waals surface area (Å²) in [6, 6.07) is 24.9. The number of rotatable bonds is 6. The van der Waals surface area contributed by atoms with Crippen LogP contribution in [-0.4, -0.2) is 20.9 Å². The molecule has 0 spiro atoms. The molecule has 0 radical (unpaired) electrons. The molecule has 172 valence electrons. The van der Waals surface area contributed by atoms with Crippen LogP contribution in [0.5, 0.6) is 5.75 Å². The van der Waals surface area contributed by atoms with Gasteiger partial charge in [-0.25, -0.2) is 15.0 Å². The van der Waals surface area contributed by atoms with Gasteiger partial charge in [0.25, 0.3) is 5.91 Å². The average molecular weight is 462 g/mol. The first kappa shape index (κ1) is 22.0. The van der Waals surface area contributed by atoms with Gasteiger partial charge in [-0.1, -0.05) is 42.5 Å². The van der Waals surface area contributed by atoms with Crippen molar-refractivity contribution in [2.45, 2.75) is 13.5 Å². The molecule has 0 saturated carbocycles. The third kappa shape index (κ3) is 4.94.